The third-order valence-electron chi connectivity index (χ3n) is 3.77. The van der Waals surface area contributed by atoms with Gasteiger partial charge in [0.05, 0.1) is 11.5 Å². The number of nitrogens with zero attached hydrogens (tertiary/aromatic N) is 1. The molecule has 2 rings (SSSR count). The lowest BCUT2D eigenvalue weighted by molar-refractivity contribution is -0.144. The third kappa shape index (κ3) is 4.51. The molecule has 1 aliphatic heterocycles. The van der Waals surface area contributed by atoms with Crippen LogP contribution < -0.4 is 4.74 Å². The molecule has 1 aromatic carbocycles. The molecule has 122 valence electrons. The molecular weight excluding hydrogens is 325 g/mol. The Kier molecular flexibility index (Phi) is 5.59. The van der Waals surface area contributed by atoms with Gasteiger partial charge in [-0.1, -0.05) is 23.2 Å². The van der Waals surface area contributed by atoms with E-state index in [1.165, 1.54) is 0 Å². The smallest absolute Gasteiger partial charge is 0.231 e. The molecule has 22 heavy (non-hydrogen) atoms. The van der Waals surface area contributed by atoms with E-state index >= 15 is 0 Å². The molecule has 0 atom stereocenters. The van der Waals surface area contributed by atoms with Gasteiger partial charge in [0.25, 0.3) is 0 Å². The van der Waals surface area contributed by atoms with E-state index in [0.717, 1.165) is 0 Å². The SMILES string of the molecule is CC(C)(COc1cc(Cl)cc(Cl)c1)C(=O)N1CCC(O)CC1. The minimum atomic E-state index is -0.656. The van der Waals surface area contributed by atoms with Gasteiger partial charge in [-0.15, -0.1) is 0 Å². The third-order valence-corrected chi connectivity index (χ3v) is 4.20. The van der Waals surface area contributed by atoms with Crippen LogP contribution in [-0.4, -0.2) is 41.7 Å². The van der Waals surface area contributed by atoms with Crippen LogP contribution in [-0.2, 0) is 4.79 Å². The summed E-state index contributed by atoms with van der Waals surface area (Å²) in [5.41, 5.74) is -0.656. The summed E-state index contributed by atoms with van der Waals surface area (Å²) < 4.78 is 5.70. The first kappa shape index (κ1) is 17.4. The normalized spacial score (nSPS) is 16.7. The van der Waals surface area contributed by atoms with E-state index in [-0.39, 0.29) is 18.6 Å². The van der Waals surface area contributed by atoms with Crippen molar-refractivity contribution >= 4 is 29.1 Å². The van der Waals surface area contributed by atoms with Crippen molar-refractivity contribution in [3.05, 3.63) is 28.2 Å². The van der Waals surface area contributed by atoms with Crippen LogP contribution in [0.25, 0.3) is 0 Å². The number of hydrogen-bond donors (Lipinski definition) is 1. The van der Waals surface area contributed by atoms with Crippen LogP contribution in [0.1, 0.15) is 26.7 Å². The Morgan fingerprint density at radius 1 is 1.27 bits per heavy atom. The predicted molar refractivity (Wildman–Crippen MR) is 87.6 cm³/mol. The number of ether oxygens (including phenoxy) is 1. The fraction of sp³-hybridized carbons (Fsp3) is 0.562. The van der Waals surface area contributed by atoms with E-state index in [1.54, 1.807) is 23.1 Å². The second kappa shape index (κ2) is 7.07. The van der Waals surface area contributed by atoms with Gasteiger partial charge >= 0.3 is 0 Å². The average Bonchev–Trinajstić information content (AvgIpc) is 2.44. The van der Waals surface area contributed by atoms with Crippen molar-refractivity contribution in [3.8, 4) is 5.75 Å². The molecule has 4 nitrogen and oxygen atoms in total. The summed E-state index contributed by atoms with van der Waals surface area (Å²) >= 11 is 11.9. The number of piperidine rings is 1. The van der Waals surface area contributed by atoms with Crippen LogP contribution >= 0.6 is 23.2 Å². The zero-order valence-electron chi connectivity index (χ0n) is 12.8. The van der Waals surface area contributed by atoms with Crippen molar-refractivity contribution in [3.63, 3.8) is 0 Å². The number of rotatable bonds is 4. The molecule has 1 aliphatic rings. The summed E-state index contributed by atoms with van der Waals surface area (Å²) in [6.45, 7) is 5.12. The standard InChI is InChI=1S/C16H21Cl2NO3/c1-16(2,15(21)19-5-3-13(20)4-6-19)10-22-14-8-11(17)7-12(18)9-14/h7-9,13,20H,3-6,10H2,1-2H3. The zero-order valence-corrected chi connectivity index (χ0v) is 14.3. The molecule has 6 heteroatoms. The van der Waals surface area contributed by atoms with Crippen LogP contribution in [0, 0.1) is 5.41 Å². The molecule has 1 fully saturated rings. The van der Waals surface area contributed by atoms with Gasteiger partial charge in [0.15, 0.2) is 0 Å². The van der Waals surface area contributed by atoms with Crippen LogP contribution in [0.4, 0.5) is 0 Å². The lowest BCUT2D eigenvalue weighted by atomic mass is 9.91. The Balaban J connectivity index is 1.96. The lowest BCUT2D eigenvalue weighted by Crippen LogP contribution is -2.48. The van der Waals surface area contributed by atoms with Gasteiger partial charge < -0.3 is 14.7 Å². The van der Waals surface area contributed by atoms with Gasteiger partial charge in [-0.05, 0) is 44.9 Å². The Hall–Kier alpha value is -0.970. The first-order valence-electron chi connectivity index (χ1n) is 7.34. The lowest BCUT2D eigenvalue weighted by Gasteiger charge is -2.35. The number of amides is 1. The highest BCUT2D eigenvalue weighted by atomic mass is 35.5. The summed E-state index contributed by atoms with van der Waals surface area (Å²) in [7, 11) is 0. The van der Waals surface area contributed by atoms with E-state index < -0.39 is 5.41 Å². The second-order valence-electron chi connectivity index (χ2n) is 6.30. The highest BCUT2D eigenvalue weighted by molar-refractivity contribution is 6.34. The minimum absolute atomic E-state index is 0.0347. The van der Waals surface area contributed by atoms with Crippen molar-refractivity contribution in [2.45, 2.75) is 32.8 Å². The Labute approximate surface area is 141 Å². The zero-order chi connectivity index (χ0) is 16.3. The quantitative estimate of drug-likeness (QED) is 0.909. The number of carbonyl (C=O) groups is 1. The predicted octanol–water partition coefficient (Wildman–Crippen LogP) is 3.38. The molecule has 0 spiro atoms. The topological polar surface area (TPSA) is 49.8 Å². The maximum Gasteiger partial charge on any atom is 0.231 e. The number of carbonyl (C=O) groups excluding carboxylic acids is 1. The molecule has 1 saturated heterocycles. The molecule has 1 aromatic rings. The number of hydrogen-bond acceptors (Lipinski definition) is 3. The van der Waals surface area contributed by atoms with E-state index in [9.17, 15) is 9.90 Å². The second-order valence-corrected chi connectivity index (χ2v) is 7.17. The Morgan fingerprint density at radius 2 is 1.82 bits per heavy atom. The maximum absolute atomic E-state index is 12.6. The van der Waals surface area contributed by atoms with Crippen LogP contribution in [0.3, 0.4) is 0 Å². The van der Waals surface area contributed by atoms with Crippen molar-refractivity contribution in [1.82, 2.24) is 4.90 Å². The van der Waals surface area contributed by atoms with Gasteiger partial charge in [-0.25, -0.2) is 0 Å². The van der Waals surface area contributed by atoms with Crippen LogP contribution in [0.5, 0.6) is 5.75 Å². The maximum atomic E-state index is 12.6. The molecule has 1 N–H and O–H groups in total. The molecular formula is C16H21Cl2NO3. The van der Waals surface area contributed by atoms with Gasteiger partial charge in [0.1, 0.15) is 12.4 Å². The summed E-state index contributed by atoms with van der Waals surface area (Å²) in [6.07, 6.45) is 0.969. The highest BCUT2D eigenvalue weighted by Crippen LogP contribution is 2.27. The largest absolute Gasteiger partial charge is 0.492 e. The first-order valence-corrected chi connectivity index (χ1v) is 8.10. The molecule has 0 bridgehead atoms. The first-order chi connectivity index (χ1) is 10.3. The summed E-state index contributed by atoms with van der Waals surface area (Å²) in [5, 5.41) is 10.5. The van der Waals surface area contributed by atoms with E-state index in [4.69, 9.17) is 27.9 Å². The van der Waals surface area contributed by atoms with Crippen LogP contribution in [0.2, 0.25) is 10.0 Å². The molecule has 0 unspecified atom stereocenters. The van der Waals surface area contributed by atoms with E-state index in [1.807, 2.05) is 13.8 Å². The van der Waals surface area contributed by atoms with E-state index in [0.29, 0.717) is 41.7 Å². The fourth-order valence-corrected chi connectivity index (χ4v) is 2.94. The van der Waals surface area contributed by atoms with Gasteiger partial charge in [-0.3, -0.25) is 4.79 Å². The Morgan fingerprint density at radius 3 is 2.36 bits per heavy atom. The number of halogens is 2. The summed E-state index contributed by atoms with van der Waals surface area (Å²) in [4.78, 5) is 14.4. The van der Waals surface area contributed by atoms with Crippen molar-refractivity contribution in [2.75, 3.05) is 19.7 Å². The van der Waals surface area contributed by atoms with Crippen molar-refractivity contribution in [1.29, 1.82) is 0 Å². The highest BCUT2D eigenvalue weighted by Gasteiger charge is 2.34. The van der Waals surface area contributed by atoms with E-state index in [2.05, 4.69) is 0 Å². The van der Waals surface area contributed by atoms with Gasteiger partial charge in [0, 0.05) is 23.1 Å². The molecule has 1 amide bonds. The number of likely N-dealkylation sites (tertiary alicyclic amines) is 1. The Bertz CT molecular complexity index is 520. The molecule has 1 heterocycles. The summed E-state index contributed by atoms with van der Waals surface area (Å²) in [5.74, 6) is 0.583. The van der Waals surface area contributed by atoms with Crippen molar-refractivity contribution in [2.24, 2.45) is 5.41 Å². The molecule has 0 aromatic heterocycles. The van der Waals surface area contributed by atoms with Crippen LogP contribution in [0.15, 0.2) is 18.2 Å². The van der Waals surface area contributed by atoms with Gasteiger partial charge in [0.2, 0.25) is 5.91 Å². The number of aliphatic hydroxyl groups excluding tert-OH is 1. The number of benzene rings is 1. The fourth-order valence-electron chi connectivity index (χ4n) is 2.43. The van der Waals surface area contributed by atoms with Gasteiger partial charge in [-0.2, -0.15) is 0 Å². The molecule has 0 aliphatic carbocycles. The average molecular weight is 346 g/mol. The number of aliphatic hydroxyl groups is 1. The van der Waals surface area contributed by atoms with Crippen molar-refractivity contribution < 1.29 is 14.6 Å². The molecule has 0 radical (unpaired) electrons. The molecule has 0 saturated carbocycles. The monoisotopic (exact) mass is 345 g/mol. The summed E-state index contributed by atoms with van der Waals surface area (Å²) in [6, 6.07) is 4.97. The minimum Gasteiger partial charge on any atom is -0.492 e.